The number of rotatable bonds is 3. The summed E-state index contributed by atoms with van der Waals surface area (Å²) in [6.45, 7) is 6.11. The third kappa shape index (κ3) is 3.97. The van der Waals surface area contributed by atoms with Crippen molar-refractivity contribution in [2.24, 2.45) is 4.99 Å². The second-order valence-electron chi connectivity index (χ2n) is 5.50. The Kier molecular flexibility index (Phi) is 5.20. The van der Waals surface area contributed by atoms with E-state index in [0.717, 1.165) is 34.3 Å². The van der Waals surface area contributed by atoms with Crippen molar-refractivity contribution in [3.05, 3.63) is 33.8 Å². The molecule has 1 aliphatic heterocycles. The Morgan fingerprint density at radius 3 is 2.75 bits per heavy atom. The van der Waals surface area contributed by atoms with Gasteiger partial charge in [-0.3, -0.25) is 4.99 Å². The number of nitrogens with zero attached hydrogens (tertiary/aromatic N) is 2. The highest BCUT2D eigenvalue weighted by Gasteiger charge is 2.12. The first-order chi connectivity index (χ1) is 11.7. The zero-order chi connectivity index (χ0) is 16.9. The lowest BCUT2D eigenvalue weighted by molar-refractivity contribution is 0.297. The molecule has 0 fully saturated rings. The molecule has 128 valence electrons. The Balaban J connectivity index is 1.65. The van der Waals surface area contributed by atoms with E-state index in [0.29, 0.717) is 25.7 Å². The van der Waals surface area contributed by atoms with Crippen LogP contribution >= 0.6 is 11.3 Å². The predicted molar refractivity (Wildman–Crippen MR) is 97.5 cm³/mol. The molecule has 0 aliphatic carbocycles. The molecular weight excluding hydrogens is 324 g/mol. The van der Waals surface area contributed by atoms with Crippen molar-refractivity contribution in [1.82, 2.24) is 10.3 Å². The lowest BCUT2D eigenvalue weighted by Crippen LogP contribution is -2.30. The van der Waals surface area contributed by atoms with Gasteiger partial charge in [0.2, 0.25) is 0 Å². The van der Waals surface area contributed by atoms with E-state index in [-0.39, 0.29) is 0 Å². The minimum atomic E-state index is 0.674. The largest absolute Gasteiger partial charge is 0.490 e. The Labute approximate surface area is 145 Å². The molecule has 2 N–H and O–H groups in total. The first-order valence-corrected chi connectivity index (χ1v) is 8.77. The van der Waals surface area contributed by atoms with Crippen molar-refractivity contribution in [2.75, 3.05) is 25.6 Å². The number of ether oxygens (including phenoxy) is 2. The standard InChI is InChI=1S/C17H22N4O2S/c1-11-16(24-12(2)20-11)10-19-17(18-3)21-13-5-6-14-15(9-13)23-8-4-7-22-14/h5-6,9H,4,7-8,10H2,1-3H3,(H2,18,19,21). The number of thiazole rings is 1. The number of fused-ring (bicyclic) bond motifs is 1. The molecule has 24 heavy (non-hydrogen) atoms. The molecular formula is C17H22N4O2S. The van der Waals surface area contributed by atoms with Gasteiger partial charge in [0.1, 0.15) is 0 Å². The fourth-order valence-electron chi connectivity index (χ4n) is 2.46. The number of nitrogens with one attached hydrogen (secondary N) is 2. The number of benzene rings is 1. The van der Waals surface area contributed by atoms with E-state index in [4.69, 9.17) is 9.47 Å². The van der Waals surface area contributed by atoms with Crippen LogP contribution < -0.4 is 20.1 Å². The quantitative estimate of drug-likeness (QED) is 0.660. The lowest BCUT2D eigenvalue weighted by atomic mass is 10.2. The fraction of sp³-hybridized carbons (Fsp3) is 0.412. The average molecular weight is 346 g/mol. The maximum atomic E-state index is 5.72. The summed E-state index contributed by atoms with van der Waals surface area (Å²) in [6, 6.07) is 5.82. The van der Waals surface area contributed by atoms with Gasteiger partial charge >= 0.3 is 0 Å². The second-order valence-corrected chi connectivity index (χ2v) is 6.79. The predicted octanol–water partition coefficient (Wildman–Crippen LogP) is 3.11. The number of hydrogen-bond acceptors (Lipinski definition) is 5. The molecule has 2 heterocycles. The summed E-state index contributed by atoms with van der Waals surface area (Å²) in [5, 5.41) is 7.68. The molecule has 0 saturated carbocycles. The Morgan fingerprint density at radius 2 is 2.04 bits per heavy atom. The first kappa shape index (κ1) is 16.6. The topological polar surface area (TPSA) is 67.8 Å². The van der Waals surface area contributed by atoms with Crippen LogP contribution in [0.4, 0.5) is 5.69 Å². The molecule has 1 aromatic carbocycles. The highest BCUT2D eigenvalue weighted by molar-refractivity contribution is 7.11. The summed E-state index contributed by atoms with van der Waals surface area (Å²) in [4.78, 5) is 9.93. The summed E-state index contributed by atoms with van der Waals surface area (Å²) in [7, 11) is 1.75. The van der Waals surface area contributed by atoms with Crippen molar-refractivity contribution < 1.29 is 9.47 Å². The van der Waals surface area contributed by atoms with Gasteiger partial charge in [-0.2, -0.15) is 0 Å². The van der Waals surface area contributed by atoms with E-state index in [1.165, 1.54) is 4.88 Å². The molecule has 0 spiro atoms. The molecule has 7 heteroatoms. The Hall–Kier alpha value is -2.28. The number of hydrogen-bond donors (Lipinski definition) is 2. The smallest absolute Gasteiger partial charge is 0.195 e. The van der Waals surface area contributed by atoms with Crippen LogP contribution in [-0.2, 0) is 6.54 Å². The van der Waals surface area contributed by atoms with E-state index in [2.05, 4.69) is 20.6 Å². The molecule has 1 aromatic heterocycles. The molecule has 0 amide bonds. The summed E-state index contributed by atoms with van der Waals surface area (Å²) in [5.41, 5.74) is 1.97. The SMILES string of the molecule is CN=C(NCc1sc(C)nc1C)Nc1ccc2c(c1)OCCCO2. The minimum Gasteiger partial charge on any atom is -0.490 e. The zero-order valence-electron chi connectivity index (χ0n) is 14.2. The van der Waals surface area contributed by atoms with Gasteiger partial charge < -0.3 is 20.1 Å². The van der Waals surface area contributed by atoms with E-state index >= 15 is 0 Å². The van der Waals surface area contributed by atoms with Gasteiger partial charge in [0.05, 0.1) is 30.5 Å². The summed E-state index contributed by atoms with van der Waals surface area (Å²) < 4.78 is 11.4. The van der Waals surface area contributed by atoms with Gasteiger partial charge in [-0.05, 0) is 26.0 Å². The molecule has 2 aromatic rings. The molecule has 3 rings (SSSR count). The van der Waals surface area contributed by atoms with Crippen molar-refractivity contribution in [1.29, 1.82) is 0 Å². The van der Waals surface area contributed by atoms with Gasteiger partial charge in [0.15, 0.2) is 17.5 Å². The molecule has 1 aliphatic rings. The van der Waals surface area contributed by atoms with Gasteiger partial charge in [0.25, 0.3) is 0 Å². The third-order valence-corrected chi connectivity index (χ3v) is 4.72. The van der Waals surface area contributed by atoms with Crippen molar-refractivity contribution >= 4 is 23.0 Å². The maximum absolute atomic E-state index is 5.72. The Bertz CT molecular complexity index is 742. The van der Waals surface area contributed by atoms with Crippen LogP contribution in [0.3, 0.4) is 0 Å². The van der Waals surface area contributed by atoms with Crippen molar-refractivity contribution in [3.63, 3.8) is 0 Å². The molecule has 0 saturated heterocycles. The van der Waals surface area contributed by atoms with Crippen molar-refractivity contribution in [2.45, 2.75) is 26.8 Å². The van der Waals surface area contributed by atoms with Crippen LogP contribution in [-0.4, -0.2) is 31.2 Å². The molecule has 0 atom stereocenters. The van der Waals surface area contributed by atoms with Crippen LogP contribution in [0.5, 0.6) is 11.5 Å². The molecule has 6 nitrogen and oxygen atoms in total. The highest BCUT2D eigenvalue weighted by atomic mass is 32.1. The molecule has 0 bridgehead atoms. The number of guanidine groups is 1. The first-order valence-electron chi connectivity index (χ1n) is 7.96. The van der Waals surface area contributed by atoms with Gasteiger partial charge in [-0.15, -0.1) is 11.3 Å². The number of aromatic nitrogens is 1. The van der Waals surface area contributed by atoms with E-state index in [1.807, 2.05) is 32.0 Å². The van der Waals surface area contributed by atoms with E-state index < -0.39 is 0 Å². The van der Waals surface area contributed by atoms with Crippen LogP contribution in [0.15, 0.2) is 23.2 Å². The zero-order valence-corrected chi connectivity index (χ0v) is 15.0. The molecule has 0 radical (unpaired) electrons. The monoisotopic (exact) mass is 346 g/mol. The summed E-state index contributed by atoms with van der Waals surface area (Å²) >= 11 is 1.70. The number of anilines is 1. The van der Waals surface area contributed by atoms with Gasteiger partial charge in [0, 0.05) is 30.1 Å². The minimum absolute atomic E-state index is 0.674. The average Bonchev–Trinajstić information content (AvgIpc) is 2.76. The summed E-state index contributed by atoms with van der Waals surface area (Å²) in [5.74, 6) is 2.26. The Morgan fingerprint density at radius 1 is 1.25 bits per heavy atom. The van der Waals surface area contributed by atoms with Crippen LogP contribution in [0.1, 0.15) is 22.0 Å². The van der Waals surface area contributed by atoms with Gasteiger partial charge in [-0.1, -0.05) is 0 Å². The van der Waals surface area contributed by atoms with Crippen LogP contribution in [0.25, 0.3) is 0 Å². The third-order valence-electron chi connectivity index (χ3n) is 3.65. The van der Waals surface area contributed by atoms with Crippen LogP contribution in [0.2, 0.25) is 0 Å². The highest BCUT2D eigenvalue weighted by Crippen LogP contribution is 2.32. The number of aryl methyl sites for hydroxylation is 2. The molecule has 0 unspecified atom stereocenters. The normalized spacial score (nSPS) is 14.2. The fourth-order valence-corrected chi connectivity index (χ4v) is 3.34. The lowest BCUT2D eigenvalue weighted by Gasteiger charge is -2.13. The van der Waals surface area contributed by atoms with Gasteiger partial charge in [-0.25, -0.2) is 4.98 Å². The van der Waals surface area contributed by atoms with E-state index in [1.54, 1.807) is 18.4 Å². The second kappa shape index (κ2) is 7.53. The summed E-state index contributed by atoms with van der Waals surface area (Å²) in [6.07, 6.45) is 0.897. The van der Waals surface area contributed by atoms with Crippen LogP contribution in [0, 0.1) is 13.8 Å². The maximum Gasteiger partial charge on any atom is 0.195 e. The van der Waals surface area contributed by atoms with Crippen molar-refractivity contribution in [3.8, 4) is 11.5 Å². The van der Waals surface area contributed by atoms with E-state index in [9.17, 15) is 0 Å². The number of aliphatic imine (C=N–C) groups is 1.